The van der Waals surface area contributed by atoms with Crippen molar-refractivity contribution in [3.63, 3.8) is 0 Å². The van der Waals surface area contributed by atoms with Crippen LogP contribution in [-0.2, 0) is 17.8 Å². The molecule has 0 atom stereocenters. The zero-order valence-corrected chi connectivity index (χ0v) is 13.3. The highest BCUT2D eigenvalue weighted by molar-refractivity contribution is 5.93. The van der Waals surface area contributed by atoms with E-state index in [1.165, 1.54) is 0 Å². The van der Waals surface area contributed by atoms with Crippen molar-refractivity contribution >= 4 is 11.6 Å². The van der Waals surface area contributed by atoms with Crippen molar-refractivity contribution in [2.75, 3.05) is 5.32 Å². The molecule has 1 N–H and O–H groups in total. The van der Waals surface area contributed by atoms with E-state index in [2.05, 4.69) is 5.32 Å². The van der Waals surface area contributed by atoms with Crippen molar-refractivity contribution in [3.05, 3.63) is 96.1 Å². The number of ether oxygens (including phenoxy) is 1. The van der Waals surface area contributed by atoms with Gasteiger partial charge >= 0.3 is 0 Å². The maximum absolute atomic E-state index is 12.2. The van der Waals surface area contributed by atoms with E-state index < -0.39 is 0 Å². The van der Waals surface area contributed by atoms with Gasteiger partial charge in [-0.05, 0) is 23.3 Å². The Labute approximate surface area is 141 Å². The van der Waals surface area contributed by atoms with Crippen LogP contribution in [0, 0.1) is 0 Å². The Morgan fingerprint density at radius 1 is 0.750 bits per heavy atom. The lowest BCUT2D eigenvalue weighted by Gasteiger charge is -2.12. The summed E-state index contributed by atoms with van der Waals surface area (Å²) in [6.07, 6.45) is 0.341. The van der Waals surface area contributed by atoms with Gasteiger partial charge in [-0.3, -0.25) is 4.79 Å². The average Bonchev–Trinajstić information content (AvgIpc) is 2.63. The molecule has 0 saturated carbocycles. The molecule has 0 unspecified atom stereocenters. The number of nitrogens with one attached hydrogen (secondary N) is 1. The highest BCUT2D eigenvalue weighted by Gasteiger charge is 2.08. The summed E-state index contributed by atoms with van der Waals surface area (Å²) in [7, 11) is 0. The summed E-state index contributed by atoms with van der Waals surface area (Å²) in [5.41, 5.74) is 2.76. The van der Waals surface area contributed by atoms with Crippen LogP contribution in [0.25, 0.3) is 0 Å². The number of anilines is 1. The molecule has 3 aromatic carbocycles. The van der Waals surface area contributed by atoms with Crippen LogP contribution in [0.3, 0.4) is 0 Å². The van der Waals surface area contributed by atoms with E-state index in [4.69, 9.17) is 4.74 Å². The first kappa shape index (κ1) is 15.8. The van der Waals surface area contributed by atoms with Crippen LogP contribution in [-0.4, -0.2) is 5.91 Å². The van der Waals surface area contributed by atoms with E-state index in [1.807, 2.05) is 84.9 Å². The van der Waals surface area contributed by atoms with E-state index in [-0.39, 0.29) is 5.91 Å². The zero-order valence-electron chi connectivity index (χ0n) is 13.3. The van der Waals surface area contributed by atoms with Gasteiger partial charge in [0.25, 0.3) is 0 Å². The third-order valence-corrected chi connectivity index (χ3v) is 3.61. The second-order valence-corrected chi connectivity index (χ2v) is 5.48. The van der Waals surface area contributed by atoms with Gasteiger partial charge in [0.2, 0.25) is 5.91 Å². The quantitative estimate of drug-likeness (QED) is 0.729. The summed E-state index contributed by atoms with van der Waals surface area (Å²) in [6, 6.07) is 27.1. The fourth-order valence-corrected chi connectivity index (χ4v) is 2.41. The van der Waals surface area contributed by atoms with Gasteiger partial charge in [-0.25, -0.2) is 0 Å². The van der Waals surface area contributed by atoms with Gasteiger partial charge in [-0.2, -0.15) is 0 Å². The fraction of sp³-hybridized carbons (Fsp3) is 0.0952. The number of hydrogen-bond acceptors (Lipinski definition) is 2. The number of benzene rings is 3. The SMILES string of the molecule is O=C(Cc1ccccc1)Nc1ccccc1OCc1ccccc1. The minimum absolute atomic E-state index is 0.0584. The minimum Gasteiger partial charge on any atom is -0.487 e. The summed E-state index contributed by atoms with van der Waals surface area (Å²) < 4.78 is 5.86. The molecule has 0 aromatic heterocycles. The van der Waals surface area contributed by atoms with Crippen molar-refractivity contribution in [2.45, 2.75) is 13.0 Å². The Morgan fingerprint density at radius 3 is 2.04 bits per heavy atom. The minimum atomic E-state index is -0.0584. The standard InChI is InChI=1S/C21H19NO2/c23-21(15-17-9-3-1-4-10-17)22-19-13-7-8-14-20(19)24-16-18-11-5-2-6-12-18/h1-14H,15-16H2,(H,22,23). The highest BCUT2D eigenvalue weighted by atomic mass is 16.5. The molecule has 0 aliphatic rings. The lowest BCUT2D eigenvalue weighted by Crippen LogP contribution is -2.15. The molecule has 0 saturated heterocycles. The molecular formula is C21H19NO2. The Kier molecular flexibility index (Phi) is 5.25. The summed E-state index contributed by atoms with van der Waals surface area (Å²) in [5.74, 6) is 0.611. The van der Waals surface area contributed by atoms with Crippen LogP contribution in [0.5, 0.6) is 5.75 Å². The Morgan fingerprint density at radius 2 is 1.33 bits per heavy atom. The smallest absolute Gasteiger partial charge is 0.228 e. The molecule has 3 nitrogen and oxygen atoms in total. The van der Waals surface area contributed by atoms with Crippen LogP contribution >= 0.6 is 0 Å². The van der Waals surface area contributed by atoms with Gasteiger partial charge in [0.15, 0.2) is 0 Å². The van der Waals surface area contributed by atoms with E-state index in [9.17, 15) is 4.79 Å². The van der Waals surface area contributed by atoms with Crippen molar-refractivity contribution in [3.8, 4) is 5.75 Å². The first-order chi connectivity index (χ1) is 11.8. The van der Waals surface area contributed by atoms with Crippen molar-refractivity contribution in [1.82, 2.24) is 0 Å². The maximum atomic E-state index is 12.2. The molecule has 0 bridgehead atoms. The van der Waals surface area contributed by atoms with Crippen LogP contribution < -0.4 is 10.1 Å². The van der Waals surface area contributed by atoms with Crippen LogP contribution in [0.4, 0.5) is 5.69 Å². The van der Waals surface area contributed by atoms with E-state index in [1.54, 1.807) is 0 Å². The number of hydrogen-bond donors (Lipinski definition) is 1. The molecule has 3 rings (SSSR count). The number of carbonyl (C=O) groups excluding carboxylic acids is 1. The molecule has 0 fully saturated rings. The molecule has 0 radical (unpaired) electrons. The molecule has 0 aliphatic heterocycles. The Hall–Kier alpha value is -3.07. The lowest BCUT2D eigenvalue weighted by atomic mass is 10.1. The summed E-state index contributed by atoms with van der Waals surface area (Å²) in [5, 5.41) is 2.93. The highest BCUT2D eigenvalue weighted by Crippen LogP contribution is 2.25. The molecule has 3 heteroatoms. The van der Waals surface area contributed by atoms with Crippen LogP contribution in [0.2, 0.25) is 0 Å². The van der Waals surface area contributed by atoms with Crippen LogP contribution in [0.1, 0.15) is 11.1 Å². The van der Waals surface area contributed by atoms with E-state index >= 15 is 0 Å². The number of para-hydroxylation sites is 2. The van der Waals surface area contributed by atoms with Crippen LogP contribution in [0.15, 0.2) is 84.9 Å². The second-order valence-electron chi connectivity index (χ2n) is 5.48. The summed E-state index contributed by atoms with van der Waals surface area (Å²) >= 11 is 0. The third-order valence-electron chi connectivity index (χ3n) is 3.61. The monoisotopic (exact) mass is 317 g/mol. The second kappa shape index (κ2) is 7.97. The van der Waals surface area contributed by atoms with Crippen molar-refractivity contribution in [2.24, 2.45) is 0 Å². The number of amides is 1. The normalized spacial score (nSPS) is 10.2. The van der Waals surface area contributed by atoms with Gasteiger partial charge in [0.1, 0.15) is 12.4 Å². The van der Waals surface area contributed by atoms with Gasteiger partial charge in [-0.15, -0.1) is 0 Å². The third kappa shape index (κ3) is 4.46. The largest absolute Gasteiger partial charge is 0.487 e. The first-order valence-corrected chi connectivity index (χ1v) is 7.91. The molecule has 120 valence electrons. The van der Waals surface area contributed by atoms with Crippen molar-refractivity contribution in [1.29, 1.82) is 0 Å². The van der Waals surface area contributed by atoms with Crippen molar-refractivity contribution < 1.29 is 9.53 Å². The average molecular weight is 317 g/mol. The maximum Gasteiger partial charge on any atom is 0.228 e. The predicted molar refractivity (Wildman–Crippen MR) is 96.0 cm³/mol. The Bertz CT molecular complexity index is 785. The number of carbonyl (C=O) groups is 1. The van der Waals surface area contributed by atoms with Gasteiger partial charge < -0.3 is 10.1 Å². The number of rotatable bonds is 6. The molecule has 0 heterocycles. The Balaban J connectivity index is 1.64. The zero-order chi connectivity index (χ0) is 16.6. The predicted octanol–water partition coefficient (Wildman–Crippen LogP) is 4.45. The molecule has 1 amide bonds. The summed E-state index contributed by atoms with van der Waals surface area (Å²) in [6.45, 7) is 0.465. The molecule has 0 spiro atoms. The first-order valence-electron chi connectivity index (χ1n) is 7.91. The summed E-state index contributed by atoms with van der Waals surface area (Å²) in [4.78, 5) is 12.2. The van der Waals surface area contributed by atoms with E-state index in [0.29, 0.717) is 24.5 Å². The fourth-order valence-electron chi connectivity index (χ4n) is 2.41. The van der Waals surface area contributed by atoms with Gasteiger partial charge in [0, 0.05) is 0 Å². The molecular weight excluding hydrogens is 298 g/mol. The molecule has 24 heavy (non-hydrogen) atoms. The molecule has 0 aliphatic carbocycles. The van der Waals surface area contributed by atoms with Gasteiger partial charge in [0.05, 0.1) is 12.1 Å². The topological polar surface area (TPSA) is 38.3 Å². The molecule has 3 aromatic rings. The van der Waals surface area contributed by atoms with Gasteiger partial charge in [-0.1, -0.05) is 72.8 Å². The van der Waals surface area contributed by atoms with E-state index in [0.717, 1.165) is 11.1 Å². The lowest BCUT2D eigenvalue weighted by molar-refractivity contribution is -0.115.